The summed E-state index contributed by atoms with van der Waals surface area (Å²) in [7, 11) is 0. The molecule has 2 aromatic carbocycles. The van der Waals surface area contributed by atoms with Gasteiger partial charge in [-0.2, -0.15) is 9.50 Å². The van der Waals surface area contributed by atoms with Crippen molar-refractivity contribution in [3.05, 3.63) is 90.3 Å². The van der Waals surface area contributed by atoms with Gasteiger partial charge >= 0.3 is 0 Å². The Labute approximate surface area is 174 Å². The summed E-state index contributed by atoms with van der Waals surface area (Å²) in [4.78, 5) is 13.6. The molecule has 5 rings (SSSR count). The Morgan fingerprint density at radius 3 is 2.40 bits per heavy atom. The molecule has 0 radical (unpaired) electrons. The Kier molecular flexibility index (Phi) is 4.44. The molecule has 0 saturated heterocycles. The molecular formula is C24H20N6. The maximum absolute atomic E-state index is 4.75. The number of benzene rings is 2. The van der Waals surface area contributed by atoms with E-state index in [1.165, 1.54) is 11.1 Å². The summed E-state index contributed by atoms with van der Waals surface area (Å²) in [5, 5.41) is 8.19. The van der Waals surface area contributed by atoms with Crippen molar-refractivity contribution in [2.24, 2.45) is 0 Å². The minimum atomic E-state index is 0.529. The molecule has 6 heteroatoms. The fourth-order valence-electron chi connectivity index (χ4n) is 3.30. The zero-order valence-electron chi connectivity index (χ0n) is 16.7. The van der Waals surface area contributed by atoms with Gasteiger partial charge < -0.3 is 5.32 Å². The van der Waals surface area contributed by atoms with E-state index in [1.807, 2.05) is 48.5 Å². The molecule has 0 aliphatic carbocycles. The number of hydrogen-bond acceptors (Lipinski definition) is 5. The molecule has 0 aliphatic rings. The molecule has 6 nitrogen and oxygen atoms in total. The van der Waals surface area contributed by atoms with Gasteiger partial charge in [0, 0.05) is 35.3 Å². The highest BCUT2D eigenvalue weighted by Gasteiger charge is 2.14. The van der Waals surface area contributed by atoms with Crippen molar-refractivity contribution >= 4 is 17.3 Å². The zero-order chi connectivity index (χ0) is 20.5. The summed E-state index contributed by atoms with van der Waals surface area (Å²) < 4.78 is 1.74. The Bertz CT molecular complexity index is 1330. The van der Waals surface area contributed by atoms with Crippen molar-refractivity contribution in [2.75, 3.05) is 5.32 Å². The molecule has 3 aromatic heterocycles. The highest BCUT2D eigenvalue weighted by molar-refractivity contribution is 5.69. The smallest absolute Gasteiger partial charge is 0.255 e. The molecule has 5 aromatic rings. The van der Waals surface area contributed by atoms with Crippen molar-refractivity contribution in [1.29, 1.82) is 0 Å². The normalized spacial score (nSPS) is 11.0. The van der Waals surface area contributed by atoms with E-state index in [0.717, 1.165) is 28.3 Å². The van der Waals surface area contributed by atoms with Gasteiger partial charge in [-0.05, 0) is 49.2 Å². The molecular weight excluding hydrogens is 372 g/mol. The molecule has 0 fully saturated rings. The first-order chi connectivity index (χ1) is 14.7. The van der Waals surface area contributed by atoms with E-state index in [2.05, 4.69) is 47.3 Å². The number of aryl methyl sites for hydroxylation is 2. The number of hydrogen-bond donors (Lipinski definition) is 1. The van der Waals surface area contributed by atoms with Gasteiger partial charge in [-0.3, -0.25) is 4.98 Å². The van der Waals surface area contributed by atoms with E-state index >= 15 is 0 Å². The maximum Gasteiger partial charge on any atom is 0.255 e. The first-order valence-electron chi connectivity index (χ1n) is 9.75. The van der Waals surface area contributed by atoms with E-state index in [9.17, 15) is 0 Å². The second-order valence-corrected chi connectivity index (χ2v) is 7.21. The number of rotatable bonds is 4. The number of anilines is 2. The molecule has 3 heterocycles. The Hall–Kier alpha value is -4.06. The van der Waals surface area contributed by atoms with Crippen LogP contribution in [0.15, 0.2) is 79.1 Å². The van der Waals surface area contributed by atoms with Crippen LogP contribution in [0.5, 0.6) is 0 Å². The lowest BCUT2D eigenvalue weighted by Crippen LogP contribution is -2.03. The number of nitrogens with zero attached hydrogens (tertiary/aromatic N) is 5. The van der Waals surface area contributed by atoms with Crippen LogP contribution in [0.4, 0.5) is 11.5 Å². The Balaban J connectivity index is 1.67. The third-order valence-corrected chi connectivity index (χ3v) is 5.08. The molecule has 0 amide bonds. The zero-order valence-corrected chi connectivity index (χ0v) is 16.7. The van der Waals surface area contributed by atoms with E-state index in [-0.39, 0.29) is 0 Å². The fraction of sp³-hybridized carbons (Fsp3) is 0.0833. The van der Waals surface area contributed by atoms with Crippen LogP contribution in [0.3, 0.4) is 0 Å². The second kappa shape index (κ2) is 7.40. The van der Waals surface area contributed by atoms with Crippen LogP contribution >= 0.6 is 0 Å². The highest BCUT2D eigenvalue weighted by atomic mass is 15.4. The van der Waals surface area contributed by atoms with Crippen molar-refractivity contribution in [2.45, 2.75) is 13.8 Å². The highest BCUT2D eigenvalue weighted by Crippen LogP contribution is 2.26. The quantitative estimate of drug-likeness (QED) is 0.454. The average molecular weight is 392 g/mol. The monoisotopic (exact) mass is 392 g/mol. The van der Waals surface area contributed by atoms with E-state index < -0.39 is 0 Å². The first-order valence-corrected chi connectivity index (χ1v) is 9.75. The molecule has 0 saturated carbocycles. The summed E-state index contributed by atoms with van der Waals surface area (Å²) in [6, 6.07) is 22.2. The number of nitrogens with one attached hydrogen (secondary N) is 1. The first kappa shape index (κ1) is 18.0. The van der Waals surface area contributed by atoms with Gasteiger partial charge in [-0.25, -0.2) is 4.98 Å². The third kappa shape index (κ3) is 3.39. The van der Waals surface area contributed by atoms with Gasteiger partial charge in [0.1, 0.15) is 5.82 Å². The Morgan fingerprint density at radius 2 is 1.63 bits per heavy atom. The van der Waals surface area contributed by atoms with Gasteiger partial charge in [-0.1, -0.05) is 36.4 Å². The van der Waals surface area contributed by atoms with Gasteiger partial charge in [0.05, 0.1) is 5.69 Å². The van der Waals surface area contributed by atoms with Gasteiger partial charge in [0.15, 0.2) is 5.82 Å². The minimum absolute atomic E-state index is 0.529. The molecule has 0 spiro atoms. The lowest BCUT2D eigenvalue weighted by atomic mass is 10.1. The predicted molar refractivity (Wildman–Crippen MR) is 119 cm³/mol. The standard InChI is InChI=1S/C24H20N6/c1-16-10-11-20(13-17(16)2)26-22-14-21(18-7-4-3-5-8-18)27-24-28-23(29-30(22)24)19-9-6-12-25-15-19/h3-15,26H,1-2H3. The molecule has 0 aliphatic heterocycles. The largest absolute Gasteiger partial charge is 0.340 e. The molecule has 1 N–H and O–H groups in total. The number of fused-ring (bicyclic) bond motifs is 1. The number of pyridine rings is 1. The van der Waals surface area contributed by atoms with E-state index in [0.29, 0.717) is 11.6 Å². The summed E-state index contributed by atoms with van der Waals surface area (Å²) in [5.74, 6) is 1.91. The summed E-state index contributed by atoms with van der Waals surface area (Å²) in [5.41, 5.74) is 6.17. The fourth-order valence-corrected chi connectivity index (χ4v) is 3.30. The van der Waals surface area contributed by atoms with Crippen molar-refractivity contribution < 1.29 is 0 Å². The summed E-state index contributed by atoms with van der Waals surface area (Å²) >= 11 is 0. The SMILES string of the molecule is Cc1ccc(Nc2cc(-c3ccccc3)nc3nc(-c4cccnc4)nn23)cc1C. The lowest BCUT2D eigenvalue weighted by molar-refractivity contribution is 0.951. The van der Waals surface area contributed by atoms with E-state index in [1.54, 1.807) is 16.9 Å². The van der Waals surface area contributed by atoms with Crippen LogP contribution in [-0.4, -0.2) is 24.6 Å². The van der Waals surface area contributed by atoms with Gasteiger partial charge in [0.2, 0.25) is 0 Å². The number of aromatic nitrogens is 5. The van der Waals surface area contributed by atoms with Crippen LogP contribution in [0.1, 0.15) is 11.1 Å². The lowest BCUT2D eigenvalue weighted by Gasteiger charge is -2.11. The molecule has 0 bridgehead atoms. The second-order valence-electron chi connectivity index (χ2n) is 7.21. The van der Waals surface area contributed by atoms with Crippen LogP contribution in [0.2, 0.25) is 0 Å². The van der Waals surface area contributed by atoms with Crippen LogP contribution in [-0.2, 0) is 0 Å². The third-order valence-electron chi connectivity index (χ3n) is 5.08. The van der Waals surface area contributed by atoms with Gasteiger partial charge in [0.25, 0.3) is 5.78 Å². The summed E-state index contributed by atoms with van der Waals surface area (Å²) in [6.07, 6.45) is 3.49. The minimum Gasteiger partial charge on any atom is -0.340 e. The molecule has 146 valence electrons. The van der Waals surface area contributed by atoms with Crippen LogP contribution in [0, 0.1) is 13.8 Å². The molecule has 0 atom stereocenters. The Morgan fingerprint density at radius 1 is 0.800 bits per heavy atom. The topological polar surface area (TPSA) is 68.0 Å². The van der Waals surface area contributed by atoms with Crippen molar-refractivity contribution in [3.8, 4) is 22.6 Å². The molecule has 0 unspecified atom stereocenters. The molecule has 30 heavy (non-hydrogen) atoms. The predicted octanol–water partition coefficient (Wildman–Crippen LogP) is 5.21. The van der Waals surface area contributed by atoms with Crippen LogP contribution < -0.4 is 5.32 Å². The maximum atomic E-state index is 4.75. The van der Waals surface area contributed by atoms with Crippen molar-refractivity contribution in [1.82, 2.24) is 24.6 Å². The summed E-state index contributed by atoms with van der Waals surface area (Å²) in [6.45, 7) is 4.21. The van der Waals surface area contributed by atoms with E-state index in [4.69, 9.17) is 10.1 Å². The van der Waals surface area contributed by atoms with Crippen LogP contribution in [0.25, 0.3) is 28.4 Å². The average Bonchev–Trinajstić information content (AvgIpc) is 3.22. The van der Waals surface area contributed by atoms with Crippen molar-refractivity contribution in [3.63, 3.8) is 0 Å². The van der Waals surface area contributed by atoms with Gasteiger partial charge in [-0.15, -0.1) is 5.10 Å².